The molecule has 0 saturated carbocycles. The van der Waals surface area contributed by atoms with Gasteiger partial charge < -0.3 is 10.5 Å². The number of ether oxygens (including phenoxy) is 1. The lowest BCUT2D eigenvalue weighted by molar-refractivity contribution is 0.0519. The number of aryl methyl sites for hydroxylation is 1. The molecule has 0 radical (unpaired) electrons. The predicted octanol–water partition coefficient (Wildman–Crippen LogP) is 0.832. The molecule has 6 heteroatoms. The Labute approximate surface area is 80.4 Å². The van der Waals surface area contributed by atoms with Gasteiger partial charge in [-0.2, -0.15) is 5.10 Å². The number of nitrogens with two attached hydrogens (primary N) is 1. The van der Waals surface area contributed by atoms with E-state index in [0.29, 0.717) is 0 Å². The number of halogens is 1. The fourth-order valence-electron chi connectivity index (χ4n) is 0.841. The molecule has 0 saturated heterocycles. The Morgan fingerprint density at radius 3 is 2.77 bits per heavy atom. The highest BCUT2D eigenvalue weighted by molar-refractivity contribution is 6.35. The van der Waals surface area contributed by atoms with Crippen molar-refractivity contribution >= 4 is 23.4 Å². The van der Waals surface area contributed by atoms with E-state index in [9.17, 15) is 4.79 Å². The molecule has 0 fully saturated rings. The first kappa shape index (κ1) is 9.85. The molecule has 0 spiro atoms. The zero-order chi connectivity index (χ0) is 10.0. The summed E-state index contributed by atoms with van der Waals surface area (Å²) in [5.74, 6) is -0.301. The molecule has 0 unspecified atom stereocenters. The highest BCUT2D eigenvalue weighted by atomic mass is 35.5. The van der Waals surface area contributed by atoms with E-state index in [1.54, 1.807) is 14.0 Å². The minimum atomic E-state index is -0.556. The first-order chi connectivity index (χ1) is 6.07. The molecule has 1 aromatic heterocycles. The number of anilines is 1. The van der Waals surface area contributed by atoms with Gasteiger partial charge in [0.25, 0.3) is 0 Å². The van der Waals surface area contributed by atoms with Crippen LogP contribution in [0.1, 0.15) is 17.4 Å². The van der Waals surface area contributed by atoms with Crippen LogP contribution in [0.2, 0.25) is 5.02 Å². The largest absolute Gasteiger partial charge is 0.461 e. The van der Waals surface area contributed by atoms with E-state index in [-0.39, 0.29) is 23.1 Å². The van der Waals surface area contributed by atoms with Gasteiger partial charge in [-0.15, -0.1) is 0 Å². The maximum atomic E-state index is 11.2. The van der Waals surface area contributed by atoms with Gasteiger partial charge in [-0.3, -0.25) is 4.68 Å². The third-order valence-corrected chi connectivity index (χ3v) is 1.87. The van der Waals surface area contributed by atoms with Crippen LogP contribution >= 0.6 is 11.6 Å². The van der Waals surface area contributed by atoms with E-state index in [1.807, 2.05) is 0 Å². The number of hydrogen-bond acceptors (Lipinski definition) is 4. The smallest absolute Gasteiger partial charge is 0.360 e. The summed E-state index contributed by atoms with van der Waals surface area (Å²) in [6.45, 7) is 1.99. The van der Waals surface area contributed by atoms with Crippen LogP contribution in [0.5, 0.6) is 0 Å². The van der Waals surface area contributed by atoms with E-state index in [0.717, 1.165) is 0 Å². The molecule has 2 N–H and O–H groups in total. The molecule has 0 atom stereocenters. The molecular weight excluding hydrogens is 194 g/mol. The van der Waals surface area contributed by atoms with Crippen LogP contribution in [0.15, 0.2) is 0 Å². The van der Waals surface area contributed by atoms with Crippen molar-refractivity contribution in [1.82, 2.24) is 9.78 Å². The number of carbonyl (C=O) groups is 1. The van der Waals surface area contributed by atoms with Crippen molar-refractivity contribution < 1.29 is 9.53 Å². The summed E-state index contributed by atoms with van der Waals surface area (Å²) in [4.78, 5) is 11.2. The molecule has 1 heterocycles. The fraction of sp³-hybridized carbons (Fsp3) is 0.429. The van der Waals surface area contributed by atoms with Crippen molar-refractivity contribution in [2.45, 2.75) is 6.92 Å². The topological polar surface area (TPSA) is 70.1 Å². The van der Waals surface area contributed by atoms with Gasteiger partial charge in [0.2, 0.25) is 0 Å². The third-order valence-electron chi connectivity index (χ3n) is 1.50. The SMILES string of the molecule is CCOC(=O)c1nn(C)c(N)c1Cl. The van der Waals surface area contributed by atoms with E-state index in [1.165, 1.54) is 4.68 Å². The van der Waals surface area contributed by atoms with Crippen LogP contribution < -0.4 is 5.73 Å². The molecule has 1 rings (SSSR count). The molecule has 0 amide bonds. The number of carbonyl (C=O) groups excluding carboxylic acids is 1. The average molecular weight is 204 g/mol. The maximum absolute atomic E-state index is 11.2. The number of hydrogen-bond donors (Lipinski definition) is 1. The number of esters is 1. The van der Waals surface area contributed by atoms with Crippen molar-refractivity contribution in [3.8, 4) is 0 Å². The lowest BCUT2D eigenvalue weighted by Crippen LogP contribution is -2.06. The van der Waals surface area contributed by atoms with E-state index in [4.69, 9.17) is 22.1 Å². The minimum Gasteiger partial charge on any atom is -0.461 e. The number of rotatable bonds is 2. The molecule has 72 valence electrons. The molecule has 5 nitrogen and oxygen atoms in total. The summed E-state index contributed by atoms with van der Waals surface area (Å²) in [5.41, 5.74) is 5.56. The first-order valence-electron chi connectivity index (χ1n) is 3.73. The Kier molecular flexibility index (Phi) is 2.77. The molecule has 1 aromatic rings. The summed E-state index contributed by atoms with van der Waals surface area (Å²) in [5, 5.41) is 3.95. The fourth-order valence-corrected chi connectivity index (χ4v) is 1.08. The summed E-state index contributed by atoms with van der Waals surface area (Å²) in [6, 6.07) is 0. The zero-order valence-corrected chi connectivity index (χ0v) is 8.13. The van der Waals surface area contributed by atoms with Gasteiger partial charge in [-0.05, 0) is 6.92 Å². The second-order valence-electron chi connectivity index (χ2n) is 2.39. The van der Waals surface area contributed by atoms with Crippen LogP contribution in [-0.2, 0) is 11.8 Å². The van der Waals surface area contributed by atoms with Crippen molar-refractivity contribution in [3.63, 3.8) is 0 Å². The second kappa shape index (κ2) is 3.66. The van der Waals surface area contributed by atoms with Gasteiger partial charge in [-0.1, -0.05) is 11.6 Å². The van der Waals surface area contributed by atoms with Gasteiger partial charge in [0, 0.05) is 7.05 Å². The molecule has 0 aliphatic rings. The highest BCUT2D eigenvalue weighted by Crippen LogP contribution is 2.22. The summed E-state index contributed by atoms with van der Waals surface area (Å²) < 4.78 is 6.05. The van der Waals surface area contributed by atoms with Crippen molar-refractivity contribution in [3.05, 3.63) is 10.7 Å². The Morgan fingerprint density at radius 2 is 2.38 bits per heavy atom. The van der Waals surface area contributed by atoms with Crippen LogP contribution in [-0.4, -0.2) is 22.4 Å². The summed E-state index contributed by atoms with van der Waals surface area (Å²) in [7, 11) is 1.60. The van der Waals surface area contributed by atoms with Gasteiger partial charge in [0.05, 0.1) is 6.61 Å². The van der Waals surface area contributed by atoms with Crippen LogP contribution in [0.3, 0.4) is 0 Å². The van der Waals surface area contributed by atoms with Crippen molar-refractivity contribution in [2.24, 2.45) is 7.05 Å². The minimum absolute atomic E-state index is 0.0588. The van der Waals surface area contributed by atoms with Gasteiger partial charge in [-0.25, -0.2) is 4.79 Å². The van der Waals surface area contributed by atoms with Crippen LogP contribution in [0.4, 0.5) is 5.82 Å². The lowest BCUT2D eigenvalue weighted by atomic mass is 10.4. The quantitative estimate of drug-likeness (QED) is 0.723. The van der Waals surface area contributed by atoms with Crippen LogP contribution in [0.25, 0.3) is 0 Å². The zero-order valence-electron chi connectivity index (χ0n) is 7.37. The van der Waals surface area contributed by atoms with Crippen molar-refractivity contribution in [2.75, 3.05) is 12.3 Å². The molecular formula is C7H10ClN3O2. The van der Waals surface area contributed by atoms with Gasteiger partial charge >= 0.3 is 5.97 Å². The van der Waals surface area contributed by atoms with E-state index >= 15 is 0 Å². The van der Waals surface area contributed by atoms with Gasteiger partial charge in [0.1, 0.15) is 10.8 Å². The Bertz CT molecular complexity index is 335. The average Bonchev–Trinajstić information content (AvgIpc) is 2.33. The Morgan fingerprint density at radius 1 is 1.77 bits per heavy atom. The maximum Gasteiger partial charge on any atom is 0.360 e. The third kappa shape index (κ3) is 1.75. The molecule has 0 aliphatic carbocycles. The highest BCUT2D eigenvalue weighted by Gasteiger charge is 2.19. The first-order valence-corrected chi connectivity index (χ1v) is 4.10. The van der Waals surface area contributed by atoms with Gasteiger partial charge in [0.15, 0.2) is 5.69 Å². The monoisotopic (exact) mass is 203 g/mol. The summed E-state index contributed by atoms with van der Waals surface area (Å²) in [6.07, 6.45) is 0. The lowest BCUT2D eigenvalue weighted by Gasteiger charge is -1.96. The Hall–Kier alpha value is -1.23. The standard InChI is InChI=1S/C7H10ClN3O2/c1-3-13-7(12)5-4(8)6(9)11(2)10-5/h3,9H2,1-2H3. The predicted molar refractivity (Wildman–Crippen MR) is 48.6 cm³/mol. The number of nitrogens with zero attached hydrogens (tertiary/aromatic N) is 2. The molecule has 0 aromatic carbocycles. The van der Waals surface area contributed by atoms with Crippen LogP contribution in [0, 0.1) is 0 Å². The Balaban J connectivity index is 3.01. The molecule has 0 aliphatic heterocycles. The van der Waals surface area contributed by atoms with E-state index in [2.05, 4.69) is 5.10 Å². The normalized spacial score (nSPS) is 10.1. The summed E-state index contributed by atoms with van der Waals surface area (Å²) >= 11 is 5.74. The number of nitrogen functional groups attached to an aromatic ring is 1. The second-order valence-corrected chi connectivity index (χ2v) is 2.77. The number of aromatic nitrogens is 2. The molecule has 0 bridgehead atoms. The van der Waals surface area contributed by atoms with E-state index < -0.39 is 5.97 Å². The van der Waals surface area contributed by atoms with Crippen molar-refractivity contribution in [1.29, 1.82) is 0 Å². The molecule has 13 heavy (non-hydrogen) atoms.